The molecule has 1 unspecified atom stereocenters. The van der Waals surface area contributed by atoms with E-state index in [1.165, 1.54) is 6.07 Å². The van der Waals surface area contributed by atoms with Gasteiger partial charge in [0, 0.05) is 9.99 Å². The number of aliphatic hydroxyl groups is 1. The maximum atomic E-state index is 13.1. The molecular formula is C15H13F2IO. The molecule has 0 radical (unpaired) electrons. The van der Waals surface area contributed by atoms with Gasteiger partial charge in [0.2, 0.25) is 0 Å². The number of hydrogen-bond donors (Lipinski definition) is 1. The summed E-state index contributed by atoms with van der Waals surface area (Å²) in [6.45, 7) is 1.97. The number of benzene rings is 2. The summed E-state index contributed by atoms with van der Waals surface area (Å²) >= 11 is 2.18. The summed E-state index contributed by atoms with van der Waals surface area (Å²) in [6, 6.07) is 9.39. The zero-order valence-corrected chi connectivity index (χ0v) is 12.5. The topological polar surface area (TPSA) is 20.2 Å². The van der Waals surface area contributed by atoms with Crippen molar-refractivity contribution in [2.45, 2.75) is 19.4 Å². The normalized spacial score (nSPS) is 12.5. The van der Waals surface area contributed by atoms with Crippen molar-refractivity contribution in [1.29, 1.82) is 0 Å². The van der Waals surface area contributed by atoms with Crippen LogP contribution in [0, 0.1) is 22.1 Å². The van der Waals surface area contributed by atoms with E-state index in [0.717, 1.165) is 26.8 Å². The van der Waals surface area contributed by atoms with Crippen LogP contribution in [0.4, 0.5) is 8.78 Å². The maximum absolute atomic E-state index is 13.1. The van der Waals surface area contributed by atoms with E-state index in [1.54, 1.807) is 0 Å². The standard InChI is InChI=1S/C15H13F2IO/c1-9-3-2-4-11(15(9)18)14(19)8-10-5-6-12(16)13(17)7-10/h2-7,14,19H,8H2,1H3. The van der Waals surface area contributed by atoms with E-state index in [-0.39, 0.29) is 6.42 Å². The first kappa shape index (κ1) is 14.4. The number of aliphatic hydroxyl groups excluding tert-OH is 1. The molecule has 0 aliphatic heterocycles. The first-order chi connectivity index (χ1) is 8.99. The van der Waals surface area contributed by atoms with Gasteiger partial charge in [-0.2, -0.15) is 0 Å². The molecule has 100 valence electrons. The lowest BCUT2D eigenvalue weighted by Crippen LogP contribution is -2.05. The first-order valence-corrected chi connectivity index (χ1v) is 6.94. The SMILES string of the molecule is Cc1cccc(C(O)Cc2ccc(F)c(F)c2)c1I. The van der Waals surface area contributed by atoms with Crippen LogP contribution < -0.4 is 0 Å². The molecule has 2 aromatic carbocycles. The Bertz CT molecular complexity index is 599. The fourth-order valence-corrected chi connectivity index (χ4v) is 2.65. The van der Waals surface area contributed by atoms with Gasteiger partial charge in [0.15, 0.2) is 11.6 Å². The van der Waals surface area contributed by atoms with Crippen molar-refractivity contribution in [2.24, 2.45) is 0 Å². The molecule has 0 bridgehead atoms. The molecular weight excluding hydrogens is 361 g/mol. The van der Waals surface area contributed by atoms with E-state index in [2.05, 4.69) is 22.6 Å². The predicted octanol–water partition coefficient (Wildman–Crippen LogP) is 4.15. The Morgan fingerprint density at radius 3 is 2.58 bits per heavy atom. The van der Waals surface area contributed by atoms with Gasteiger partial charge in [-0.3, -0.25) is 0 Å². The summed E-state index contributed by atoms with van der Waals surface area (Å²) in [5, 5.41) is 10.2. The number of rotatable bonds is 3. The smallest absolute Gasteiger partial charge is 0.159 e. The molecule has 0 saturated heterocycles. The lowest BCUT2D eigenvalue weighted by Gasteiger charge is -2.14. The molecule has 2 aromatic rings. The van der Waals surface area contributed by atoms with Crippen molar-refractivity contribution in [2.75, 3.05) is 0 Å². The van der Waals surface area contributed by atoms with Gasteiger partial charge in [-0.1, -0.05) is 24.3 Å². The zero-order chi connectivity index (χ0) is 14.0. The van der Waals surface area contributed by atoms with E-state index >= 15 is 0 Å². The maximum Gasteiger partial charge on any atom is 0.159 e. The van der Waals surface area contributed by atoms with E-state index < -0.39 is 17.7 Å². The van der Waals surface area contributed by atoms with Crippen LogP contribution in [-0.4, -0.2) is 5.11 Å². The van der Waals surface area contributed by atoms with Crippen LogP contribution >= 0.6 is 22.6 Å². The molecule has 1 nitrogen and oxygen atoms in total. The third-order valence-corrected chi connectivity index (χ3v) is 4.47. The van der Waals surface area contributed by atoms with Gasteiger partial charge in [-0.15, -0.1) is 0 Å². The highest BCUT2D eigenvalue weighted by Gasteiger charge is 2.14. The summed E-state index contributed by atoms with van der Waals surface area (Å²) < 4.78 is 27.0. The van der Waals surface area contributed by atoms with Crippen LogP contribution in [0.3, 0.4) is 0 Å². The fourth-order valence-electron chi connectivity index (χ4n) is 1.93. The van der Waals surface area contributed by atoms with Gasteiger partial charge in [-0.05, 0) is 58.3 Å². The minimum Gasteiger partial charge on any atom is -0.388 e. The average Bonchev–Trinajstić information content (AvgIpc) is 2.37. The van der Waals surface area contributed by atoms with Gasteiger partial charge < -0.3 is 5.11 Å². The molecule has 2 rings (SSSR count). The van der Waals surface area contributed by atoms with Crippen LogP contribution in [0.5, 0.6) is 0 Å². The number of aryl methyl sites for hydroxylation is 1. The highest BCUT2D eigenvalue weighted by Crippen LogP contribution is 2.26. The van der Waals surface area contributed by atoms with Crippen molar-refractivity contribution in [3.8, 4) is 0 Å². The molecule has 0 spiro atoms. The van der Waals surface area contributed by atoms with Crippen LogP contribution in [0.15, 0.2) is 36.4 Å². The average molecular weight is 374 g/mol. The van der Waals surface area contributed by atoms with Crippen molar-refractivity contribution in [1.82, 2.24) is 0 Å². The van der Waals surface area contributed by atoms with E-state index in [1.807, 2.05) is 25.1 Å². The summed E-state index contributed by atoms with van der Waals surface area (Å²) in [4.78, 5) is 0. The Balaban J connectivity index is 2.23. The summed E-state index contributed by atoms with van der Waals surface area (Å²) in [7, 11) is 0. The molecule has 4 heteroatoms. The van der Waals surface area contributed by atoms with E-state index in [4.69, 9.17) is 0 Å². The second-order valence-electron chi connectivity index (χ2n) is 4.45. The lowest BCUT2D eigenvalue weighted by molar-refractivity contribution is 0.177. The molecule has 0 fully saturated rings. The summed E-state index contributed by atoms with van der Waals surface area (Å²) in [5.74, 6) is -1.76. The van der Waals surface area contributed by atoms with E-state index in [0.29, 0.717) is 5.56 Å². The summed E-state index contributed by atoms with van der Waals surface area (Å²) in [6.07, 6.45) is -0.465. The second-order valence-corrected chi connectivity index (χ2v) is 5.53. The van der Waals surface area contributed by atoms with Crippen LogP contribution in [0.1, 0.15) is 22.8 Å². The van der Waals surface area contributed by atoms with Gasteiger partial charge in [-0.25, -0.2) is 8.78 Å². The van der Waals surface area contributed by atoms with Crippen LogP contribution in [-0.2, 0) is 6.42 Å². The first-order valence-electron chi connectivity index (χ1n) is 5.86. The molecule has 0 aliphatic carbocycles. The third kappa shape index (κ3) is 3.30. The molecule has 0 amide bonds. The van der Waals surface area contributed by atoms with Crippen molar-refractivity contribution >= 4 is 22.6 Å². The number of halogens is 3. The molecule has 1 N–H and O–H groups in total. The molecule has 19 heavy (non-hydrogen) atoms. The van der Waals surface area contributed by atoms with Crippen LogP contribution in [0.25, 0.3) is 0 Å². The van der Waals surface area contributed by atoms with Gasteiger partial charge >= 0.3 is 0 Å². The second kappa shape index (κ2) is 5.96. The quantitative estimate of drug-likeness (QED) is 0.801. The molecule has 0 heterocycles. The predicted molar refractivity (Wildman–Crippen MR) is 78.9 cm³/mol. The van der Waals surface area contributed by atoms with Gasteiger partial charge in [0.05, 0.1) is 6.10 Å². The Kier molecular flexibility index (Phi) is 4.52. The summed E-state index contributed by atoms with van der Waals surface area (Å²) in [5.41, 5.74) is 2.47. The fraction of sp³-hybridized carbons (Fsp3) is 0.200. The minimum absolute atomic E-state index is 0.261. The molecule has 0 aromatic heterocycles. The third-order valence-electron chi connectivity index (χ3n) is 2.99. The van der Waals surface area contributed by atoms with Gasteiger partial charge in [0.25, 0.3) is 0 Å². The highest BCUT2D eigenvalue weighted by molar-refractivity contribution is 14.1. The highest BCUT2D eigenvalue weighted by atomic mass is 127. The van der Waals surface area contributed by atoms with Gasteiger partial charge in [0.1, 0.15) is 0 Å². The van der Waals surface area contributed by atoms with Crippen molar-refractivity contribution in [3.05, 3.63) is 68.3 Å². The zero-order valence-electron chi connectivity index (χ0n) is 10.3. The largest absolute Gasteiger partial charge is 0.388 e. The van der Waals surface area contributed by atoms with Crippen molar-refractivity contribution < 1.29 is 13.9 Å². The van der Waals surface area contributed by atoms with Crippen LogP contribution in [0.2, 0.25) is 0 Å². The Morgan fingerprint density at radius 1 is 1.16 bits per heavy atom. The Hall–Kier alpha value is -1.01. The van der Waals surface area contributed by atoms with E-state index in [9.17, 15) is 13.9 Å². The lowest BCUT2D eigenvalue weighted by atomic mass is 10.00. The monoisotopic (exact) mass is 374 g/mol. The molecule has 0 aliphatic rings. The minimum atomic E-state index is -0.886. The Labute approximate surface area is 124 Å². The number of hydrogen-bond acceptors (Lipinski definition) is 1. The van der Waals surface area contributed by atoms with Crippen molar-refractivity contribution in [3.63, 3.8) is 0 Å². The molecule has 1 atom stereocenters. The Morgan fingerprint density at radius 2 is 1.89 bits per heavy atom. The molecule has 0 saturated carbocycles.